The minimum Gasteiger partial charge on any atom is -0.492 e. The van der Waals surface area contributed by atoms with E-state index < -0.39 is 0 Å². The number of oxazole rings is 1. The van der Waals surface area contributed by atoms with Crippen molar-refractivity contribution in [3.8, 4) is 5.75 Å². The van der Waals surface area contributed by atoms with E-state index in [1.165, 1.54) is 0 Å². The highest BCUT2D eigenvalue weighted by atomic mass is 16.5. The number of nitrogens with one attached hydrogen (secondary N) is 2. The molecular weight excluding hydrogens is 372 g/mol. The van der Waals surface area contributed by atoms with E-state index in [2.05, 4.69) is 20.5 Å². The van der Waals surface area contributed by atoms with Gasteiger partial charge in [0.1, 0.15) is 17.9 Å². The number of hydrogen-bond acceptors (Lipinski definition) is 6. The van der Waals surface area contributed by atoms with E-state index in [1.807, 2.05) is 42.5 Å². The number of urea groups is 1. The predicted molar refractivity (Wildman–Crippen MR) is 109 cm³/mol. The lowest BCUT2D eigenvalue weighted by Crippen LogP contribution is -2.38. The highest BCUT2D eigenvalue weighted by Crippen LogP contribution is 2.23. The Morgan fingerprint density at radius 1 is 1.14 bits per heavy atom. The molecule has 0 bridgehead atoms. The molecule has 0 unspecified atom stereocenters. The lowest BCUT2D eigenvalue weighted by Gasteiger charge is -2.26. The maximum absolute atomic E-state index is 12.1. The van der Waals surface area contributed by atoms with Crippen molar-refractivity contribution in [3.05, 3.63) is 54.1 Å². The largest absolute Gasteiger partial charge is 0.492 e. The minimum absolute atomic E-state index is 0.149. The number of morpholine rings is 1. The first-order valence-electron chi connectivity index (χ1n) is 9.68. The van der Waals surface area contributed by atoms with E-state index in [-0.39, 0.29) is 12.0 Å². The zero-order chi connectivity index (χ0) is 19.9. The van der Waals surface area contributed by atoms with Crippen LogP contribution in [-0.4, -0.2) is 55.4 Å². The van der Waals surface area contributed by atoms with Crippen LogP contribution in [-0.2, 0) is 11.3 Å². The van der Waals surface area contributed by atoms with E-state index in [0.717, 1.165) is 38.4 Å². The number of hydrogen-bond donors (Lipinski definition) is 2. The molecular formula is C21H24N4O4. The highest BCUT2D eigenvalue weighted by molar-refractivity contribution is 5.88. The summed E-state index contributed by atoms with van der Waals surface area (Å²) in [5.41, 5.74) is 2.23. The highest BCUT2D eigenvalue weighted by Gasteiger charge is 2.12. The van der Waals surface area contributed by atoms with Gasteiger partial charge in [-0.25, -0.2) is 4.79 Å². The smallest absolute Gasteiger partial charge is 0.323 e. The second kappa shape index (κ2) is 9.40. The van der Waals surface area contributed by atoms with Crippen LogP contribution in [0.25, 0.3) is 11.1 Å². The molecule has 2 heterocycles. The molecule has 1 aliphatic heterocycles. The van der Waals surface area contributed by atoms with Crippen molar-refractivity contribution < 1.29 is 18.7 Å². The van der Waals surface area contributed by atoms with Crippen LogP contribution in [0.15, 0.2) is 52.9 Å². The van der Waals surface area contributed by atoms with Crippen molar-refractivity contribution in [1.29, 1.82) is 0 Å². The van der Waals surface area contributed by atoms with Crippen molar-refractivity contribution in [2.45, 2.75) is 6.54 Å². The third-order valence-electron chi connectivity index (χ3n) is 4.66. The van der Waals surface area contributed by atoms with Crippen molar-refractivity contribution in [2.24, 2.45) is 0 Å². The fourth-order valence-corrected chi connectivity index (χ4v) is 3.09. The molecule has 1 aromatic heterocycles. The monoisotopic (exact) mass is 396 g/mol. The van der Waals surface area contributed by atoms with Gasteiger partial charge in [0.15, 0.2) is 5.58 Å². The van der Waals surface area contributed by atoms with Crippen molar-refractivity contribution >= 4 is 23.1 Å². The number of anilines is 1. The van der Waals surface area contributed by atoms with Crippen LogP contribution < -0.4 is 15.4 Å². The van der Waals surface area contributed by atoms with E-state index in [0.29, 0.717) is 30.0 Å². The van der Waals surface area contributed by atoms with Crippen LogP contribution in [0.1, 0.15) is 5.56 Å². The lowest BCUT2D eigenvalue weighted by molar-refractivity contribution is 0.0322. The van der Waals surface area contributed by atoms with Gasteiger partial charge in [0, 0.05) is 32.2 Å². The lowest BCUT2D eigenvalue weighted by atomic mass is 10.2. The molecule has 2 N–H and O–H groups in total. The van der Waals surface area contributed by atoms with E-state index in [9.17, 15) is 4.79 Å². The molecule has 1 fully saturated rings. The molecule has 8 heteroatoms. The van der Waals surface area contributed by atoms with Gasteiger partial charge >= 0.3 is 12.0 Å². The van der Waals surface area contributed by atoms with Crippen LogP contribution in [0.2, 0.25) is 0 Å². The summed E-state index contributed by atoms with van der Waals surface area (Å²) in [6.07, 6.45) is 0. The summed E-state index contributed by atoms with van der Waals surface area (Å²) in [4.78, 5) is 18.7. The number of aromatic nitrogens is 1. The number of amides is 2. The zero-order valence-electron chi connectivity index (χ0n) is 16.1. The van der Waals surface area contributed by atoms with Crippen LogP contribution in [0, 0.1) is 0 Å². The predicted octanol–water partition coefficient (Wildman–Crippen LogP) is 2.86. The molecule has 1 aliphatic rings. The normalized spacial score (nSPS) is 14.6. The fourth-order valence-electron chi connectivity index (χ4n) is 3.09. The fraction of sp³-hybridized carbons (Fsp3) is 0.333. The number of nitrogens with zero attached hydrogens (tertiary/aromatic N) is 2. The molecule has 0 atom stereocenters. The van der Waals surface area contributed by atoms with Crippen LogP contribution in [0.5, 0.6) is 5.75 Å². The zero-order valence-corrected chi connectivity index (χ0v) is 16.1. The van der Waals surface area contributed by atoms with Gasteiger partial charge in [-0.2, -0.15) is 4.98 Å². The second-order valence-corrected chi connectivity index (χ2v) is 6.74. The maximum Gasteiger partial charge on any atom is 0.323 e. The van der Waals surface area contributed by atoms with Crippen molar-refractivity contribution in [3.63, 3.8) is 0 Å². The molecule has 0 spiro atoms. The van der Waals surface area contributed by atoms with Gasteiger partial charge in [-0.05, 0) is 17.7 Å². The Labute approximate surface area is 168 Å². The number of ether oxygens (including phenoxy) is 2. The molecule has 0 aliphatic carbocycles. The quantitative estimate of drug-likeness (QED) is 0.638. The average Bonchev–Trinajstić information content (AvgIpc) is 3.15. The molecule has 3 aromatic rings. The first-order valence-corrected chi connectivity index (χ1v) is 9.68. The number of benzene rings is 2. The summed E-state index contributed by atoms with van der Waals surface area (Å²) in [7, 11) is 0. The summed E-state index contributed by atoms with van der Waals surface area (Å²) in [5.74, 6) is 0.710. The molecule has 2 amide bonds. The molecule has 0 saturated carbocycles. The average molecular weight is 396 g/mol. The third kappa shape index (κ3) is 5.46. The number of rotatable bonds is 7. The number of fused-ring (bicyclic) bond motifs is 1. The Morgan fingerprint density at radius 2 is 1.97 bits per heavy atom. The first kappa shape index (κ1) is 19.2. The molecule has 29 heavy (non-hydrogen) atoms. The molecule has 0 radical (unpaired) electrons. The van der Waals surface area contributed by atoms with E-state index in [1.54, 1.807) is 6.07 Å². The SMILES string of the molecule is O=C(NCc1ccccc1)Nc1nc2ccc(OCCN3CCOCC3)cc2o1. The molecule has 8 nitrogen and oxygen atoms in total. The van der Waals surface area contributed by atoms with Crippen LogP contribution in [0.3, 0.4) is 0 Å². The first-order chi connectivity index (χ1) is 14.3. The Morgan fingerprint density at radius 3 is 2.79 bits per heavy atom. The van der Waals surface area contributed by atoms with Gasteiger partial charge in [0.2, 0.25) is 0 Å². The van der Waals surface area contributed by atoms with Gasteiger partial charge in [-0.3, -0.25) is 10.2 Å². The summed E-state index contributed by atoms with van der Waals surface area (Å²) in [6, 6.07) is 14.9. The second-order valence-electron chi connectivity index (χ2n) is 6.74. The molecule has 2 aromatic carbocycles. The van der Waals surface area contributed by atoms with Gasteiger partial charge in [0.25, 0.3) is 0 Å². The molecule has 4 rings (SSSR count). The summed E-state index contributed by atoms with van der Waals surface area (Å²) in [6.45, 7) is 5.29. The van der Waals surface area contributed by atoms with Crippen molar-refractivity contribution in [2.75, 3.05) is 44.8 Å². The summed E-state index contributed by atoms with van der Waals surface area (Å²) in [5, 5.41) is 5.39. The van der Waals surface area contributed by atoms with Gasteiger partial charge < -0.3 is 19.2 Å². The molecule has 152 valence electrons. The Bertz CT molecular complexity index is 938. The Balaban J connectivity index is 1.28. The van der Waals surface area contributed by atoms with Gasteiger partial charge in [0.05, 0.1) is 13.2 Å². The standard InChI is InChI=1S/C21H24N4O4/c26-20(22-15-16-4-2-1-3-5-16)24-21-23-18-7-6-17(14-19(18)29-21)28-13-10-25-8-11-27-12-9-25/h1-7,14H,8-13,15H2,(H2,22,23,24,26). The van der Waals surface area contributed by atoms with Crippen LogP contribution in [0.4, 0.5) is 10.8 Å². The van der Waals surface area contributed by atoms with Gasteiger partial charge in [-0.1, -0.05) is 30.3 Å². The maximum atomic E-state index is 12.1. The summed E-state index contributed by atoms with van der Waals surface area (Å²) >= 11 is 0. The minimum atomic E-state index is -0.373. The molecule has 1 saturated heterocycles. The van der Waals surface area contributed by atoms with Crippen LogP contribution >= 0.6 is 0 Å². The number of carbonyl (C=O) groups excluding carboxylic acids is 1. The third-order valence-corrected chi connectivity index (χ3v) is 4.66. The Kier molecular flexibility index (Phi) is 6.23. The van der Waals surface area contributed by atoms with E-state index in [4.69, 9.17) is 13.9 Å². The van der Waals surface area contributed by atoms with Crippen molar-refractivity contribution in [1.82, 2.24) is 15.2 Å². The Hall–Kier alpha value is -3.10. The van der Waals surface area contributed by atoms with Gasteiger partial charge in [-0.15, -0.1) is 0 Å². The summed E-state index contributed by atoms with van der Waals surface area (Å²) < 4.78 is 16.8. The van der Waals surface area contributed by atoms with E-state index >= 15 is 0 Å². The topological polar surface area (TPSA) is 88.9 Å². The number of carbonyl (C=O) groups is 1.